The van der Waals surface area contributed by atoms with Crippen molar-refractivity contribution in [2.75, 3.05) is 51.3 Å². The van der Waals surface area contributed by atoms with Crippen molar-refractivity contribution in [3.63, 3.8) is 0 Å². The number of carbonyl (C=O) groups is 3. The molecule has 10 nitrogen and oxygen atoms in total. The number of Topliss-reactive ketones (excluding diaryl/α,β-unsaturated/α-hetero) is 1. The monoisotopic (exact) mass is 755 g/mol. The zero-order valence-corrected chi connectivity index (χ0v) is 32.0. The van der Waals surface area contributed by atoms with E-state index in [0.717, 1.165) is 23.7 Å². The minimum atomic E-state index is -1.51. The molecule has 3 fully saturated rings. The van der Waals surface area contributed by atoms with Gasteiger partial charge in [-0.3, -0.25) is 29.1 Å². The molecule has 3 unspecified atom stereocenters. The number of aryl methyl sites for hydroxylation is 1. The van der Waals surface area contributed by atoms with Gasteiger partial charge in [0.15, 0.2) is 5.78 Å². The quantitative estimate of drug-likeness (QED) is 0.196. The molecule has 288 valence electrons. The summed E-state index contributed by atoms with van der Waals surface area (Å²) in [6.07, 6.45) is 5.18. The molecule has 2 aromatic carbocycles. The van der Waals surface area contributed by atoms with Crippen LogP contribution in [-0.2, 0) is 32.5 Å². The maximum Gasteiger partial charge on any atom is 0.308 e. The van der Waals surface area contributed by atoms with Crippen LogP contribution >= 0.6 is 11.6 Å². The van der Waals surface area contributed by atoms with Crippen LogP contribution < -0.4 is 5.32 Å². The molecule has 6 rings (SSSR count). The van der Waals surface area contributed by atoms with Gasteiger partial charge in [-0.2, -0.15) is 0 Å². The summed E-state index contributed by atoms with van der Waals surface area (Å²) in [6, 6.07) is 9.96. The van der Waals surface area contributed by atoms with Crippen molar-refractivity contribution in [1.82, 2.24) is 19.3 Å². The molecule has 1 aromatic heterocycles. The highest BCUT2D eigenvalue weighted by atomic mass is 35.5. The van der Waals surface area contributed by atoms with Crippen molar-refractivity contribution in [3.05, 3.63) is 64.6 Å². The number of hydrogen-bond donors (Lipinski definition) is 1. The van der Waals surface area contributed by atoms with Gasteiger partial charge < -0.3 is 19.4 Å². The number of likely N-dealkylation sites (tertiary alicyclic amines) is 1. The Kier molecular flexibility index (Phi) is 12.6. The number of benzene rings is 2. The van der Waals surface area contributed by atoms with Crippen LogP contribution in [0.15, 0.2) is 42.6 Å². The molecule has 1 saturated carbocycles. The molecule has 2 saturated heterocycles. The van der Waals surface area contributed by atoms with Crippen molar-refractivity contribution in [3.8, 4) is 0 Å². The normalized spacial score (nSPS) is 24.3. The number of esters is 1. The molecule has 1 amide bonds. The van der Waals surface area contributed by atoms with Gasteiger partial charge in [-0.05, 0) is 83.1 Å². The lowest BCUT2D eigenvalue weighted by molar-refractivity contribution is -0.266. The Morgan fingerprint density at radius 2 is 1.68 bits per heavy atom. The molecule has 3 aliphatic rings. The van der Waals surface area contributed by atoms with Gasteiger partial charge in [-0.1, -0.05) is 29.8 Å². The summed E-state index contributed by atoms with van der Waals surface area (Å²) in [5.74, 6) is -3.34. The van der Waals surface area contributed by atoms with E-state index in [2.05, 4.69) is 20.0 Å². The van der Waals surface area contributed by atoms with Crippen LogP contribution in [0.5, 0.6) is 0 Å². The van der Waals surface area contributed by atoms with Gasteiger partial charge in [0.25, 0.3) is 5.91 Å². The van der Waals surface area contributed by atoms with Gasteiger partial charge >= 0.3 is 5.97 Å². The number of anilines is 1. The minimum Gasteiger partial charge on any atom is -0.466 e. The number of aromatic nitrogens is 1. The SMILES string of the molecule is CCOC(=O)C1CCC(OC(C(=O)Cc2cc(Cl)c(NC(=O)c3cn(C)c4ccccc34)cc2F)(N2CCCC2)N2CC(C)N(CCF)C(C)C2)CC1. The number of alkyl halides is 1. The van der Waals surface area contributed by atoms with Gasteiger partial charge in [0.1, 0.15) is 12.5 Å². The summed E-state index contributed by atoms with van der Waals surface area (Å²) in [6.45, 7) is 8.17. The largest absolute Gasteiger partial charge is 0.466 e. The number of fused-ring (bicyclic) bond motifs is 1. The van der Waals surface area contributed by atoms with Gasteiger partial charge in [-0.15, -0.1) is 0 Å². The van der Waals surface area contributed by atoms with Gasteiger partial charge in [0.05, 0.1) is 34.9 Å². The Morgan fingerprint density at radius 1 is 1.00 bits per heavy atom. The molecular formula is C40H52ClF2N5O5. The van der Waals surface area contributed by atoms with E-state index >= 15 is 9.18 Å². The second-order valence-corrected chi connectivity index (χ2v) is 15.2. The average molecular weight is 756 g/mol. The summed E-state index contributed by atoms with van der Waals surface area (Å²) in [7, 11) is 1.85. The number of para-hydroxylation sites is 1. The van der Waals surface area contributed by atoms with Crippen LogP contribution in [0.3, 0.4) is 0 Å². The summed E-state index contributed by atoms with van der Waals surface area (Å²) in [5, 5.41) is 3.63. The zero-order chi connectivity index (χ0) is 37.9. The number of ketones is 1. The topological polar surface area (TPSA) is 96.3 Å². The first-order chi connectivity index (χ1) is 25.5. The molecule has 3 atom stereocenters. The van der Waals surface area contributed by atoms with E-state index < -0.39 is 24.2 Å². The van der Waals surface area contributed by atoms with Crippen LogP contribution in [0.1, 0.15) is 75.2 Å². The minimum absolute atomic E-state index is 0.0664. The van der Waals surface area contributed by atoms with Crippen LogP contribution in [0.4, 0.5) is 14.5 Å². The Bertz CT molecular complexity index is 1780. The number of amides is 1. The number of piperazine rings is 1. The number of rotatable bonds is 13. The molecule has 3 heterocycles. The first-order valence-corrected chi connectivity index (χ1v) is 19.4. The molecule has 53 heavy (non-hydrogen) atoms. The van der Waals surface area contributed by atoms with Crippen molar-refractivity contribution in [1.29, 1.82) is 0 Å². The number of hydrogen-bond acceptors (Lipinski definition) is 8. The molecule has 0 spiro atoms. The van der Waals surface area contributed by atoms with Crippen LogP contribution in [0, 0.1) is 11.7 Å². The number of halogens is 3. The van der Waals surface area contributed by atoms with Crippen molar-refractivity contribution < 1.29 is 32.6 Å². The predicted molar refractivity (Wildman–Crippen MR) is 201 cm³/mol. The van der Waals surface area contributed by atoms with Crippen LogP contribution in [0.2, 0.25) is 5.02 Å². The zero-order valence-electron chi connectivity index (χ0n) is 31.2. The summed E-state index contributed by atoms with van der Waals surface area (Å²) in [5.41, 5.74) is 1.51. The molecule has 2 aliphatic heterocycles. The van der Waals surface area contributed by atoms with Crippen molar-refractivity contribution >= 4 is 45.9 Å². The Balaban J connectivity index is 1.29. The van der Waals surface area contributed by atoms with E-state index in [0.29, 0.717) is 70.6 Å². The molecule has 1 N–H and O–H groups in total. The molecule has 13 heteroatoms. The standard InChI is InChI=1S/C40H52ClF2N5O5/c1-5-52-39(51)28-12-14-30(15-13-28)53-40(46-17-8-9-18-46,47-23-26(2)48(19-16-42)27(3)24-47)37(49)21-29-20-33(41)35(22-34(29)43)44-38(50)32-25-45(4)36-11-7-6-10-31(32)36/h6-7,10-11,20,22,25-28,30H,5,8-9,12-19,21,23-24H2,1-4H3,(H,44,50). The van der Waals surface area contributed by atoms with Crippen molar-refractivity contribution in [2.24, 2.45) is 13.0 Å². The highest BCUT2D eigenvalue weighted by molar-refractivity contribution is 6.34. The molecular weight excluding hydrogens is 704 g/mol. The third-order valence-electron chi connectivity index (χ3n) is 11.3. The van der Waals surface area contributed by atoms with E-state index in [1.54, 1.807) is 13.1 Å². The van der Waals surface area contributed by atoms with Gasteiger partial charge in [-0.25, -0.2) is 8.78 Å². The fourth-order valence-electron chi connectivity index (χ4n) is 8.66. The third kappa shape index (κ3) is 8.17. The number of ether oxygens (including phenoxy) is 2. The van der Waals surface area contributed by atoms with E-state index in [9.17, 15) is 14.0 Å². The highest BCUT2D eigenvalue weighted by Crippen LogP contribution is 2.38. The highest BCUT2D eigenvalue weighted by Gasteiger charge is 2.54. The second kappa shape index (κ2) is 16.9. The van der Waals surface area contributed by atoms with Crippen LogP contribution in [0.25, 0.3) is 10.9 Å². The molecule has 0 radical (unpaired) electrons. The second-order valence-electron chi connectivity index (χ2n) is 14.8. The number of carbonyl (C=O) groups excluding carboxylic acids is 3. The van der Waals surface area contributed by atoms with E-state index in [1.807, 2.05) is 49.7 Å². The molecule has 3 aromatic rings. The average Bonchev–Trinajstić information content (AvgIpc) is 3.80. The Labute approximate surface area is 315 Å². The first-order valence-electron chi connectivity index (χ1n) is 19.0. The lowest BCUT2D eigenvalue weighted by atomic mass is 9.87. The van der Waals surface area contributed by atoms with E-state index in [4.69, 9.17) is 21.1 Å². The molecule has 1 aliphatic carbocycles. The van der Waals surface area contributed by atoms with E-state index in [-0.39, 0.29) is 58.6 Å². The molecule has 0 bridgehead atoms. The van der Waals surface area contributed by atoms with Gasteiger partial charge in [0, 0.05) is 75.4 Å². The fraction of sp³-hybridized carbons (Fsp3) is 0.575. The van der Waals surface area contributed by atoms with Crippen LogP contribution in [-0.4, -0.2) is 107 Å². The number of nitrogens with one attached hydrogen (secondary N) is 1. The maximum atomic E-state index is 16.1. The number of nitrogens with zero attached hydrogens (tertiary/aromatic N) is 4. The lowest BCUT2D eigenvalue weighted by Gasteiger charge is -2.55. The van der Waals surface area contributed by atoms with Crippen molar-refractivity contribution in [2.45, 2.75) is 89.8 Å². The van der Waals surface area contributed by atoms with E-state index in [1.165, 1.54) is 12.1 Å². The predicted octanol–water partition coefficient (Wildman–Crippen LogP) is 6.59. The third-order valence-corrected chi connectivity index (χ3v) is 11.6. The summed E-state index contributed by atoms with van der Waals surface area (Å²) < 4.78 is 43.9. The maximum absolute atomic E-state index is 16.1. The summed E-state index contributed by atoms with van der Waals surface area (Å²) in [4.78, 5) is 47.3. The fourth-order valence-corrected chi connectivity index (χ4v) is 8.89. The van der Waals surface area contributed by atoms with Gasteiger partial charge in [0.2, 0.25) is 5.85 Å². The summed E-state index contributed by atoms with van der Waals surface area (Å²) >= 11 is 6.71. The Hall–Kier alpha value is -3.42. The smallest absolute Gasteiger partial charge is 0.308 e. The Morgan fingerprint density at radius 3 is 2.34 bits per heavy atom. The first kappa shape index (κ1) is 39.3. The lowest BCUT2D eigenvalue weighted by Crippen LogP contribution is -2.73.